The van der Waals surface area contributed by atoms with Gasteiger partial charge in [0.15, 0.2) is 5.96 Å². The first-order chi connectivity index (χ1) is 13.7. The van der Waals surface area contributed by atoms with E-state index in [0.29, 0.717) is 6.54 Å². The Kier molecular flexibility index (Phi) is 7.23. The number of aromatic nitrogens is 2. The molecule has 0 aliphatic carbocycles. The zero-order valence-corrected chi connectivity index (χ0v) is 19.8. The Morgan fingerprint density at radius 3 is 2.55 bits per heavy atom. The Labute approximate surface area is 193 Å². The van der Waals surface area contributed by atoms with Gasteiger partial charge in [-0.05, 0) is 30.3 Å². The van der Waals surface area contributed by atoms with Gasteiger partial charge in [0.1, 0.15) is 5.82 Å². The highest BCUT2D eigenvalue weighted by atomic mass is 127. The van der Waals surface area contributed by atoms with E-state index in [4.69, 9.17) is 16.6 Å². The highest BCUT2D eigenvalue weighted by Crippen LogP contribution is 2.21. The molecule has 0 saturated carbocycles. The number of hydrogen-bond donors (Lipinski definition) is 1. The fraction of sp³-hybridized carbons (Fsp3) is 0.333. The molecule has 0 unspecified atom stereocenters. The largest absolute Gasteiger partial charge is 0.368 e. The van der Waals surface area contributed by atoms with Crippen LogP contribution in [0.4, 0.5) is 5.69 Å². The third kappa shape index (κ3) is 4.78. The molecule has 1 fully saturated rings. The third-order valence-electron chi connectivity index (χ3n) is 5.25. The lowest BCUT2D eigenvalue weighted by molar-refractivity contribution is 0.372. The van der Waals surface area contributed by atoms with Crippen LogP contribution >= 0.6 is 35.6 Å². The lowest BCUT2D eigenvalue weighted by atomic mass is 10.2. The highest BCUT2D eigenvalue weighted by Gasteiger charge is 2.20. The minimum Gasteiger partial charge on any atom is -0.368 e. The normalized spacial score (nSPS) is 14.8. The van der Waals surface area contributed by atoms with Crippen LogP contribution in [0.5, 0.6) is 0 Å². The van der Waals surface area contributed by atoms with Gasteiger partial charge in [0.05, 0.1) is 17.6 Å². The van der Waals surface area contributed by atoms with Crippen LogP contribution in [0.2, 0.25) is 5.02 Å². The Balaban J connectivity index is 0.00000240. The van der Waals surface area contributed by atoms with Crippen molar-refractivity contribution in [2.24, 2.45) is 12.0 Å². The molecular formula is C21H26ClIN6. The van der Waals surface area contributed by atoms with Crippen LogP contribution in [0, 0.1) is 0 Å². The van der Waals surface area contributed by atoms with Crippen molar-refractivity contribution in [1.29, 1.82) is 0 Å². The lowest BCUT2D eigenvalue weighted by Crippen LogP contribution is -2.52. The zero-order chi connectivity index (χ0) is 19.5. The average molecular weight is 525 g/mol. The van der Waals surface area contributed by atoms with Crippen LogP contribution in [0.3, 0.4) is 0 Å². The van der Waals surface area contributed by atoms with Gasteiger partial charge >= 0.3 is 0 Å². The van der Waals surface area contributed by atoms with Crippen molar-refractivity contribution in [3.05, 3.63) is 59.4 Å². The number of aliphatic imine (C=N–C) groups is 1. The van der Waals surface area contributed by atoms with Crippen molar-refractivity contribution in [3.63, 3.8) is 0 Å². The number of hydrogen-bond acceptors (Lipinski definition) is 3. The highest BCUT2D eigenvalue weighted by molar-refractivity contribution is 14.0. The number of nitrogens with zero attached hydrogens (tertiary/aromatic N) is 5. The summed E-state index contributed by atoms with van der Waals surface area (Å²) in [5.41, 5.74) is 3.34. The Morgan fingerprint density at radius 2 is 1.86 bits per heavy atom. The van der Waals surface area contributed by atoms with Crippen molar-refractivity contribution >= 4 is 58.3 Å². The zero-order valence-electron chi connectivity index (χ0n) is 16.7. The quantitative estimate of drug-likeness (QED) is 0.322. The van der Waals surface area contributed by atoms with Crippen molar-refractivity contribution in [2.75, 3.05) is 38.1 Å². The second-order valence-corrected chi connectivity index (χ2v) is 7.37. The summed E-state index contributed by atoms with van der Waals surface area (Å²) in [4.78, 5) is 13.9. The van der Waals surface area contributed by atoms with Gasteiger partial charge in [-0.3, -0.25) is 4.99 Å². The molecule has 1 N–H and O–H groups in total. The van der Waals surface area contributed by atoms with Crippen molar-refractivity contribution < 1.29 is 0 Å². The number of fused-ring (bicyclic) bond motifs is 1. The van der Waals surface area contributed by atoms with Gasteiger partial charge < -0.3 is 19.7 Å². The molecular weight excluding hydrogens is 499 g/mol. The molecule has 154 valence electrons. The van der Waals surface area contributed by atoms with Gasteiger partial charge in [0, 0.05) is 51.0 Å². The van der Waals surface area contributed by atoms with E-state index >= 15 is 0 Å². The molecule has 0 spiro atoms. The topological polar surface area (TPSA) is 48.7 Å². The Bertz CT molecular complexity index is 994. The maximum absolute atomic E-state index is 6.13. The standard InChI is InChI=1S/C21H25ClN6.HI/c1-23-21(24-15-20-25-18-8-3-4-9-19(18)26(20)2)28-12-10-27(11-13-28)17-7-5-6-16(22)14-17;/h3-9,14H,10-13,15H2,1-2H3,(H,23,24);1H. The second-order valence-electron chi connectivity index (χ2n) is 6.93. The first-order valence-corrected chi connectivity index (χ1v) is 9.90. The summed E-state index contributed by atoms with van der Waals surface area (Å²) >= 11 is 6.13. The summed E-state index contributed by atoms with van der Waals surface area (Å²) in [6.45, 7) is 4.34. The smallest absolute Gasteiger partial charge is 0.194 e. The molecule has 4 rings (SSSR count). The maximum Gasteiger partial charge on any atom is 0.194 e. The minimum absolute atomic E-state index is 0. The van der Waals surface area contributed by atoms with Crippen LogP contribution < -0.4 is 10.2 Å². The number of rotatable bonds is 3. The van der Waals surface area contributed by atoms with Crippen LogP contribution in [0.25, 0.3) is 11.0 Å². The SMILES string of the molecule is CN=C(NCc1nc2ccccc2n1C)N1CCN(c2cccc(Cl)c2)CC1.I. The number of anilines is 1. The van der Waals surface area contributed by atoms with Crippen molar-refractivity contribution in [1.82, 2.24) is 19.8 Å². The Morgan fingerprint density at radius 1 is 1.10 bits per heavy atom. The van der Waals surface area contributed by atoms with Gasteiger partial charge in [0.2, 0.25) is 0 Å². The summed E-state index contributed by atoms with van der Waals surface area (Å²) < 4.78 is 2.13. The number of halogens is 2. The van der Waals surface area contributed by atoms with Gasteiger partial charge in [-0.25, -0.2) is 4.98 Å². The second kappa shape index (κ2) is 9.67. The predicted molar refractivity (Wildman–Crippen MR) is 132 cm³/mol. The molecule has 1 aliphatic rings. The van der Waals surface area contributed by atoms with E-state index in [1.807, 2.05) is 43.4 Å². The van der Waals surface area contributed by atoms with Crippen LogP contribution in [-0.4, -0.2) is 53.6 Å². The van der Waals surface area contributed by atoms with E-state index in [2.05, 4.69) is 43.9 Å². The summed E-state index contributed by atoms with van der Waals surface area (Å²) in [5.74, 6) is 1.91. The van der Waals surface area contributed by atoms with E-state index < -0.39 is 0 Å². The molecule has 0 bridgehead atoms. The first-order valence-electron chi connectivity index (χ1n) is 9.52. The lowest BCUT2D eigenvalue weighted by Gasteiger charge is -2.37. The molecule has 2 aromatic carbocycles. The molecule has 8 heteroatoms. The molecule has 29 heavy (non-hydrogen) atoms. The summed E-state index contributed by atoms with van der Waals surface area (Å²) in [6.07, 6.45) is 0. The molecule has 2 heterocycles. The van der Waals surface area contributed by atoms with Crippen LogP contribution in [0.15, 0.2) is 53.5 Å². The van der Waals surface area contributed by atoms with Gasteiger partial charge in [-0.15, -0.1) is 24.0 Å². The fourth-order valence-electron chi connectivity index (χ4n) is 3.69. The van der Waals surface area contributed by atoms with Crippen molar-refractivity contribution in [3.8, 4) is 0 Å². The number of nitrogens with one attached hydrogen (secondary N) is 1. The number of aryl methyl sites for hydroxylation is 1. The average Bonchev–Trinajstić information content (AvgIpc) is 3.05. The van der Waals surface area contributed by atoms with E-state index in [1.165, 1.54) is 5.69 Å². The summed E-state index contributed by atoms with van der Waals surface area (Å²) in [5, 5.41) is 4.25. The number of guanidine groups is 1. The molecule has 6 nitrogen and oxygen atoms in total. The van der Waals surface area contributed by atoms with Crippen LogP contribution in [-0.2, 0) is 13.6 Å². The number of benzene rings is 2. The monoisotopic (exact) mass is 524 g/mol. The van der Waals surface area contributed by atoms with E-state index in [0.717, 1.165) is 54.0 Å². The molecule has 1 aromatic heterocycles. The van der Waals surface area contributed by atoms with Crippen molar-refractivity contribution in [2.45, 2.75) is 6.54 Å². The van der Waals surface area contributed by atoms with E-state index in [-0.39, 0.29) is 24.0 Å². The fourth-order valence-corrected chi connectivity index (χ4v) is 3.88. The van der Waals surface area contributed by atoms with Gasteiger partial charge in [-0.1, -0.05) is 29.8 Å². The Hall–Kier alpha value is -2.00. The minimum atomic E-state index is 0. The van der Waals surface area contributed by atoms with E-state index in [1.54, 1.807) is 0 Å². The molecule has 1 aliphatic heterocycles. The van der Waals surface area contributed by atoms with E-state index in [9.17, 15) is 0 Å². The predicted octanol–water partition coefficient (Wildman–Crippen LogP) is 3.74. The molecule has 0 amide bonds. The maximum atomic E-state index is 6.13. The van der Waals surface area contributed by atoms with Gasteiger partial charge in [-0.2, -0.15) is 0 Å². The number of piperazine rings is 1. The summed E-state index contributed by atoms with van der Waals surface area (Å²) in [6, 6.07) is 16.2. The van der Waals surface area contributed by atoms with Crippen LogP contribution in [0.1, 0.15) is 5.82 Å². The number of imidazole rings is 1. The molecule has 0 atom stereocenters. The molecule has 3 aromatic rings. The number of para-hydroxylation sites is 2. The molecule has 1 saturated heterocycles. The molecule has 0 radical (unpaired) electrons. The van der Waals surface area contributed by atoms with Gasteiger partial charge in [0.25, 0.3) is 0 Å². The summed E-state index contributed by atoms with van der Waals surface area (Å²) in [7, 11) is 3.89. The first kappa shape index (κ1) is 21.7. The third-order valence-corrected chi connectivity index (χ3v) is 5.48.